The molecular formula is C32H34N10O2. The number of benzene rings is 4. The molecule has 0 fully saturated rings. The Morgan fingerprint density at radius 2 is 1.27 bits per heavy atom. The van der Waals surface area contributed by atoms with Crippen LogP contribution in [0.1, 0.15) is 40.9 Å². The summed E-state index contributed by atoms with van der Waals surface area (Å²) in [4.78, 5) is 27.1. The summed E-state index contributed by atoms with van der Waals surface area (Å²) in [5.41, 5.74) is 25.7. The third-order valence-corrected chi connectivity index (χ3v) is 6.62. The van der Waals surface area contributed by atoms with Crippen molar-refractivity contribution in [2.24, 2.45) is 43.3 Å². The van der Waals surface area contributed by atoms with E-state index in [-0.39, 0.29) is 24.2 Å². The Bertz CT molecular complexity index is 1780. The van der Waals surface area contributed by atoms with E-state index in [1.54, 1.807) is 62.4 Å². The molecule has 10 N–H and O–H groups in total. The van der Waals surface area contributed by atoms with Gasteiger partial charge in [0.2, 0.25) is 17.8 Å². The van der Waals surface area contributed by atoms with Crippen LogP contribution in [0.4, 0.5) is 5.69 Å². The Kier molecular flexibility index (Phi) is 9.99. The summed E-state index contributed by atoms with van der Waals surface area (Å²) in [5.74, 6) is -1.13. The van der Waals surface area contributed by atoms with Gasteiger partial charge in [-0.15, -0.1) is 10.2 Å². The molecular weight excluding hydrogens is 556 g/mol. The molecule has 4 aromatic rings. The Balaban J connectivity index is 1.58. The van der Waals surface area contributed by atoms with E-state index in [2.05, 4.69) is 31.0 Å². The standard InChI is InChI=1S/C32H34N10O2/c1-19(39-41-31(33)34)22-12-14-27(15-13-22)37-30(44)28(17-21-10-11-23-6-3-4-7-25(23)16-21)38-29(43)26-9-5-8-24(18-26)20(2)40-42-32(35)36/h3-16,18,28H,17H2,1-2H3,(H,37,44)(H,38,43)(H4,33,34,41)(H4,35,36,42)/b39-19+,40-20+/t28-/m0/s1. The Morgan fingerprint density at radius 1 is 0.659 bits per heavy atom. The fourth-order valence-corrected chi connectivity index (χ4v) is 4.34. The summed E-state index contributed by atoms with van der Waals surface area (Å²) in [6.07, 6.45) is 0.259. The zero-order valence-electron chi connectivity index (χ0n) is 24.4. The molecule has 1 atom stereocenters. The number of nitrogens with two attached hydrogens (primary N) is 4. The molecule has 0 aliphatic heterocycles. The average Bonchev–Trinajstić information content (AvgIpc) is 3.02. The van der Waals surface area contributed by atoms with Crippen LogP contribution in [0.5, 0.6) is 0 Å². The maximum Gasteiger partial charge on any atom is 0.251 e. The van der Waals surface area contributed by atoms with E-state index in [1.165, 1.54) is 0 Å². The van der Waals surface area contributed by atoms with Gasteiger partial charge >= 0.3 is 0 Å². The molecule has 0 saturated carbocycles. The van der Waals surface area contributed by atoms with Crippen LogP contribution in [0.2, 0.25) is 0 Å². The Hall–Kier alpha value is -6.04. The van der Waals surface area contributed by atoms with Crippen molar-refractivity contribution in [1.82, 2.24) is 5.32 Å². The summed E-state index contributed by atoms with van der Waals surface area (Å²) >= 11 is 0. The molecule has 0 aliphatic carbocycles. The Morgan fingerprint density at radius 3 is 1.93 bits per heavy atom. The minimum Gasteiger partial charge on any atom is -0.369 e. The van der Waals surface area contributed by atoms with E-state index in [4.69, 9.17) is 22.9 Å². The fourth-order valence-electron chi connectivity index (χ4n) is 4.34. The second-order valence-corrected chi connectivity index (χ2v) is 9.98. The fraction of sp³-hybridized carbons (Fsp3) is 0.125. The molecule has 0 aliphatic rings. The van der Waals surface area contributed by atoms with E-state index in [0.717, 1.165) is 21.9 Å². The molecule has 4 rings (SSSR count). The second kappa shape index (κ2) is 14.2. The van der Waals surface area contributed by atoms with E-state index >= 15 is 0 Å². The third-order valence-electron chi connectivity index (χ3n) is 6.62. The van der Waals surface area contributed by atoms with Crippen LogP contribution in [-0.4, -0.2) is 41.2 Å². The largest absolute Gasteiger partial charge is 0.369 e. The van der Waals surface area contributed by atoms with Gasteiger partial charge in [-0.2, -0.15) is 10.2 Å². The lowest BCUT2D eigenvalue weighted by atomic mass is 10.0. The molecule has 12 nitrogen and oxygen atoms in total. The third kappa shape index (κ3) is 8.49. The van der Waals surface area contributed by atoms with Crippen molar-refractivity contribution >= 4 is 51.6 Å². The second-order valence-electron chi connectivity index (χ2n) is 9.98. The first kappa shape index (κ1) is 30.9. The highest BCUT2D eigenvalue weighted by Crippen LogP contribution is 2.18. The molecule has 2 amide bonds. The van der Waals surface area contributed by atoms with Gasteiger partial charge in [-0.1, -0.05) is 66.7 Å². The van der Waals surface area contributed by atoms with Gasteiger partial charge in [0.15, 0.2) is 0 Å². The summed E-state index contributed by atoms with van der Waals surface area (Å²) in [6, 6.07) is 26.9. The number of nitrogens with one attached hydrogen (secondary N) is 2. The van der Waals surface area contributed by atoms with Gasteiger partial charge in [-0.05, 0) is 65.6 Å². The lowest BCUT2D eigenvalue weighted by Gasteiger charge is -2.19. The normalized spacial score (nSPS) is 12.2. The van der Waals surface area contributed by atoms with Crippen molar-refractivity contribution in [3.8, 4) is 0 Å². The van der Waals surface area contributed by atoms with E-state index in [1.807, 2.05) is 42.5 Å². The first-order valence-electron chi connectivity index (χ1n) is 13.7. The number of amides is 2. The van der Waals surface area contributed by atoms with Crippen LogP contribution >= 0.6 is 0 Å². The van der Waals surface area contributed by atoms with Crippen LogP contribution in [0.15, 0.2) is 111 Å². The van der Waals surface area contributed by atoms with Gasteiger partial charge in [0.1, 0.15) is 6.04 Å². The van der Waals surface area contributed by atoms with Crippen molar-refractivity contribution in [2.45, 2.75) is 26.3 Å². The number of guanidine groups is 2. The van der Waals surface area contributed by atoms with Crippen LogP contribution in [0, 0.1) is 0 Å². The predicted octanol–water partition coefficient (Wildman–Crippen LogP) is 2.81. The molecule has 224 valence electrons. The van der Waals surface area contributed by atoms with Gasteiger partial charge in [0, 0.05) is 17.7 Å². The van der Waals surface area contributed by atoms with Gasteiger partial charge in [-0.25, -0.2) is 0 Å². The van der Waals surface area contributed by atoms with Crippen molar-refractivity contribution in [2.75, 3.05) is 5.32 Å². The lowest BCUT2D eigenvalue weighted by molar-refractivity contribution is -0.118. The molecule has 4 aromatic carbocycles. The van der Waals surface area contributed by atoms with Gasteiger partial charge < -0.3 is 33.6 Å². The zero-order chi connectivity index (χ0) is 31.6. The first-order chi connectivity index (χ1) is 21.1. The topological polar surface area (TPSA) is 212 Å². The number of carbonyl (C=O) groups is 2. The summed E-state index contributed by atoms with van der Waals surface area (Å²) in [5, 5.41) is 23.2. The molecule has 0 unspecified atom stereocenters. The summed E-state index contributed by atoms with van der Waals surface area (Å²) < 4.78 is 0. The minimum absolute atomic E-state index is 0.145. The SMILES string of the molecule is C/C(=N\N=C(N)N)c1ccc(NC(=O)[C@H](Cc2ccc3ccccc3c2)NC(=O)c2cccc(/C(C)=N/N=C(N)N)c2)cc1. The predicted molar refractivity (Wildman–Crippen MR) is 176 cm³/mol. The molecule has 0 bridgehead atoms. The average molecular weight is 591 g/mol. The van der Waals surface area contributed by atoms with E-state index in [9.17, 15) is 9.59 Å². The van der Waals surface area contributed by atoms with Crippen LogP contribution < -0.4 is 33.6 Å². The maximum atomic E-state index is 13.6. The first-order valence-corrected chi connectivity index (χ1v) is 13.7. The van der Waals surface area contributed by atoms with Crippen LogP contribution in [0.25, 0.3) is 10.8 Å². The number of carbonyl (C=O) groups excluding carboxylic acids is 2. The molecule has 0 heterocycles. The molecule has 0 radical (unpaired) electrons. The van der Waals surface area contributed by atoms with Crippen molar-refractivity contribution in [3.63, 3.8) is 0 Å². The highest BCUT2D eigenvalue weighted by Gasteiger charge is 2.23. The van der Waals surface area contributed by atoms with E-state index in [0.29, 0.717) is 28.2 Å². The molecule has 0 saturated heterocycles. The van der Waals surface area contributed by atoms with Crippen LogP contribution in [0.3, 0.4) is 0 Å². The minimum atomic E-state index is -0.895. The molecule has 0 spiro atoms. The molecule has 44 heavy (non-hydrogen) atoms. The molecule has 0 aromatic heterocycles. The van der Waals surface area contributed by atoms with Gasteiger partial charge in [0.25, 0.3) is 5.91 Å². The van der Waals surface area contributed by atoms with Crippen molar-refractivity contribution < 1.29 is 9.59 Å². The Labute approximate surface area is 254 Å². The van der Waals surface area contributed by atoms with Crippen molar-refractivity contribution in [3.05, 3.63) is 113 Å². The number of hydrogen-bond donors (Lipinski definition) is 6. The highest BCUT2D eigenvalue weighted by molar-refractivity contribution is 6.05. The number of nitrogens with zero attached hydrogens (tertiary/aromatic N) is 4. The maximum absolute atomic E-state index is 13.6. The number of fused-ring (bicyclic) bond motifs is 1. The number of anilines is 1. The summed E-state index contributed by atoms with van der Waals surface area (Å²) in [7, 11) is 0. The van der Waals surface area contributed by atoms with E-state index < -0.39 is 11.9 Å². The quantitative estimate of drug-likeness (QED) is 0.0927. The number of hydrogen-bond acceptors (Lipinski definition) is 6. The lowest BCUT2D eigenvalue weighted by Crippen LogP contribution is -2.45. The monoisotopic (exact) mass is 590 g/mol. The highest BCUT2D eigenvalue weighted by atomic mass is 16.2. The summed E-state index contributed by atoms with van der Waals surface area (Å²) in [6.45, 7) is 3.48. The van der Waals surface area contributed by atoms with Crippen molar-refractivity contribution in [1.29, 1.82) is 0 Å². The number of rotatable bonds is 10. The zero-order valence-corrected chi connectivity index (χ0v) is 24.4. The molecule has 12 heteroatoms. The smallest absolute Gasteiger partial charge is 0.251 e. The van der Waals surface area contributed by atoms with Gasteiger partial charge in [0.05, 0.1) is 11.4 Å². The van der Waals surface area contributed by atoms with Gasteiger partial charge in [-0.3, -0.25) is 9.59 Å². The van der Waals surface area contributed by atoms with Crippen LogP contribution in [-0.2, 0) is 11.2 Å².